The molecule has 4 rings (SSSR count). The van der Waals surface area contributed by atoms with Crippen molar-refractivity contribution in [2.45, 2.75) is 57.0 Å². The third-order valence-corrected chi connectivity index (χ3v) is 7.34. The lowest BCUT2D eigenvalue weighted by Gasteiger charge is -2.33. The molecule has 0 radical (unpaired) electrons. The molecule has 2 aromatic rings. The highest BCUT2D eigenvalue weighted by Gasteiger charge is 2.44. The van der Waals surface area contributed by atoms with Crippen LogP contribution in [0.15, 0.2) is 54.6 Å². The van der Waals surface area contributed by atoms with E-state index < -0.39 is 11.6 Å². The minimum Gasteiger partial charge on any atom is -0.492 e. The van der Waals surface area contributed by atoms with E-state index >= 15 is 0 Å². The Morgan fingerprint density at radius 3 is 2.61 bits per heavy atom. The van der Waals surface area contributed by atoms with E-state index in [4.69, 9.17) is 4.74 Å². The number of carbonyl (C=O) groups excluding carboxylic acids is 3. The first-order valence-electron chi connectivity index (χ1n) is 13.4. The summed E-state index contributed by atoms with van der Waals surface area (Å²) in [5.41, 5.74) is 1.91. The number of benzene rings is 2. The van der Waals surface area contributed by atoms with Crippen molar-refractivity contribution in [3.8, 4) is 5.75 Å². The molecule has 2 aliphatic rings. The van der Waals surface area contributed by atoms with Crippen molar-refractivity contribution >= 4 is 23.8 Å². The summed E-state index contributed by atoms with van der Waals surface area (Å²) in [6, 6.07) is 14.8. The molecule has 2 atom stereocenters. The largest absolute Gasteiger partial charge is 0.492 e. The Morgan fingerprint density at radius 2 is 1.82 bits per heavy atom. The molecular formula is C30H38N4O4. The third kappa shape index (κ3) is 6.81. The van der Waals surface area contributed by atoms with E-state index in [0.29, 0.717) is 32.5 Å². The number of hydrogen-bond acceptors (Lipinski definition) is 5. The summed E-state index contributed by atoms with van der Waals surface area (Å²) in [6.07, 6.45) is 6.54. The van der Waals surface area contributed by atoms with Crippen LogP contribution in [0.3, 0.4) is 0 Å². The Labute approximate surface area is 224 Å². The Hall–Kier alpha value is -3.65. The molecule has 8 nitrogen and oxygen atoms in total. The number of ether oxygens (including phenoxy) is 1. The van der Waals surface area contributed by atoms with E-state index in [1.54, 1.807) is 0 Å². The van der Waals surface area contributed by atoms with Gasteiger partial charge in [0.15, 0.2) is 0 Å². The summed E-state index contributed by atoms with van der Waals surface area (Å²) in [6.45, 7) is 5.18. The molecule has 0 saturated heterocycles. The Kier molecular flexibility index (Phi) is 9.18. The number of nitrogens with one attached hydrogen (secondary N) is 4. The first-order valence-corrected chi connectivity index (χ1v) is 13.4. The summed E-state index contributed by atoms with van der Waals surface area (Å²) >= 11 is 0. The standard InChI is InChI=1S/C30H38N4O4/c1-21-9-7-11-24(19-21)22(2)27-28(36)32-16-8-12-23-10-3-4-13-25(23)38-18-17-31-20-26(35)34-30(29(37)33-27)14-5-6-15-30/h3-4,7-13,19,22,27,31H,5-6,14-18,20H2,1-2H3,(H,32,36)(H,33,37)(H,34,35)/b12-8+/t22-,27?/m0/s1. The van der Waals surface area contributed by atoms with Crippen LogP contribution >= 0.6 is 0 Å². The van der Waals surface area contributed by atoms with Gasteiger partial charge in [0.1, 0.15) is 23.9 Å². The topological polar surface area (TPSA) is 109 Å². The fourth-order valence-electron chi connectivity index (χ4n) is 5.18. The van der Waals surface area contributed by atoms with Gasteiger partial charge in [-0.25, -0.2) is 0 Å². The van der Waals surface area contributed by atoms with Crippen molar-refractivity contribution in [1.82, 2.24) is 21.3 Å². The molecule has 0 aromatic heterocycles. The van der Waals surface area contributed by atoms with E-state index in [0.717, 1.165) is 35.3 Å². The lowest BCUT2D eigenvalue weighted by atomic mass is 9.89. The second kappa shape index (κ2) is 12.7. The number of rotatable bonds is 2. The summed E-state index contributed by atoms with van der Waals surface area (Å²) < 4.78 is 5.91. The van der Waals surface area contributed by atoms with Crippen molar-refractivity contribution < 1.29 is 19.1 Å². The highest BCUT2D eigenvalue weighted by atomic mass is 16.5. The van der Waals surface area contributed by atoms with Crippen LogP contribution in [0.25, 0.3) is 6.08 Å². The lowest BCUT2D eigenvalue weighted by Crippen LogP contribution is -2.62. The van der Waals surface area contributed by atoms with Crippen LogP contribution in [0.2, 0.25) is 0 Å². The summed E-state index contributed by atoms with van der Waals surface area (Å²) in [5.74, 6) is -0.385. The van der Waals surface area contributed by atoms with Crippen LogP contribution < -0.4 is 26.0 Å². The van der Waals surface area contributed by atoms with Crippen LogP contribution in [0.1, 0.15) is 55.2 Å². The van der Waals surface area contributed by atoms with Gasteiger partial charge in [-0.15, -0.1) is 0 Å². The molecule has 1 heterocycles. The normalized spacial score (nSPS) is 22.6. The van der Waals surface area contributed by atoms with Gasteiger partial charge in [-0.2, -0.15) is 0 Å². The molecule has 1 aliphatic heterocycles. The van der Waals surface area contributed by atoms with E-state index in [9.17, 15) is 14.4 Å². The minimum atomic E-state index is -1.02. The average Bonchev–Trinajstić information content (AvgIpc) is 3.38. The molecule has 1 spiro atoms. The maximum atomic E-state index is 13.7. The predicted molar refractivity (Wildman–Crippen MR) is 148 cm³/mol. The van der Waals surface area contributed by atoms with Crippen LogP contribution in [-0.4, -0.2) is 55.5 Å². The highest BCUT2D eigenvalue weighted by Crippen LogP contribution is 2.31. The number of fused-ring (bicyclic) bond motifs is 1. The minimum absolute atomic E-state index is 0.0730. The molecule has 4 N–H and O–H groups in total. The van der Waals surface area contributed by atoms with Gasteiger partial charge in [-0.3, -0.25) is 14.4 Å². The fraction of sp³-hybridized carbons (Fsp3) is 0.433. The Bertz CT molecular complexity index is 1170. The highest BCUT2D eigenvalue weighted by molar-refractivity contribution is 5.96. The molecule has 1 aliphatic carbocycles. The predicted octanol–water partition coefficient (Wildman–Crippen LogP) is 2.82. The zero-order valence-electron chi connectivity index (χ0n) is 22.2. The Morgan fingerprint density at radius 1 is 1.03 bits per heavy atom. The average molecular weight is 519 g/mol. The monoisotopic (exact) mass is 518 g/mol. The van der Waals surface area contributed by atoms with Gasteiger partial charge >= 0.3 is 0 Å². The molecule has 3 amide bonds. The van der Waals surface area contributed by atoms with Gasteiger partial charge in [0, 0.05) is 24.6 Å². The van der Waals surface area contributed by atoms with Crippen molar-refractivity contribution in [2.24, 2.45) is 0 Å². The number of carbonyl (C=O) groups is 3. The van der Waals surface area contributed by atoms with Crippen molar-refractivity contribution in [3.63, 3.8) is 0 Å². The van der Waals surface area contributed by atoms with Crippen molar-refractivity contribution in [1.29, 1.82) is 0 Å². The molecule has 202 valence electrons. The van der Waals surface area contributed by atoms with Gasteiger partial charge in [0.2, 0.25) is 17.7 Å². The SMILES string of the molecule is Cc1cccc([C@H](C)C2NC(=O)C3(CCCC3)NC(=O)CNCCOc3ccccc3/C=C/CNC2=O)c1. The zero-order chi connectivity index (χ0) is 27.0. The molecule has 0 bridgehead atoms. The molecule has 1 fully saturated rings. The summed E-state index contributed by atoms with van der Waals surface area (Å²) in [5, 5.41) is 12.1. The molecule has 1 unspecified atom stereocenters. The van der Waals surface area contributed by atoms with E-state index in [-0.39, 0.29) is 30.2 Å². The first-order chi connectivity index (χ1) is 18.4. The summed E-state index contributed by atoms with van der Waals surface area (Å²) in [4.78, 5) is 40.0. The van der Waals surface area contributed by atoms with Gasteiger partial charge in [0.25, 0.3) is 0 Å². The molecule has 8 heteroatoms. The van der Waals surface area contributed by atoms with E-state index in [1.807, 2.05) is 74.5 Å². The quantitative estimate of drug-likeness (QED) is 0.489. The number of amides is 3. The number of hydrogen-bond donors (Lipinski definition) is 4. The van der Waals surface area contributed by atoms with Crippen LogP contribution in [0, 0.1) is 6.92 Å². The lowest BCUT2D eigenvalue weighted by molar-refractivity contribution is -0.136. The van der Waals surface area contributed by atoms with Gasteiger partial charge < -0.3 is 26.0 Å². The van der Waals surface area contributed by atoms with Crippen molar-refractivity contribution in [2.75, 3.05) is 26.2 Å². The Balaban J connectivity index is 1.61. The second-order valence-corrected chi connectivity index (χ2v) is 10.2. The maximum absolute atomic E-state index is 13.7. The van der Waals surface area contributed by atoms with Gasteiger partial charge in [-0.05, 0) is 31.4 Å². The van der Waals surface area contributed by atoms with Gasteiger partial charge in [0.05, 0.1) is 6.54 Å². The van der Waals surface area contributed by atoms with Crippen molar-refractivity contribution in [3.05, 3.63) is 71.3 Å². The number of para-hydroxylation sites is 1. The smallest absolute Gasteiger partial charge is 0.246 e. The number of aryl methyl sites for hydroxylation is 1. The molecule has 2 aromatic carbocycles. The third-order valence-electron chi connectivity index (χ3n) is 7.34. The van der Waals surface area contributed by atoms with Crippen LogP contribution in [0.4, 0.5) is 0 Å². The van der Waals surface area contributed by atoms with E-state index in [1.165, 1.54) is 0 Å². The van der Waals surface area contributed by atoms with Crippen LogP contribution in [0.5, 0.6) is 5.75 Å². The van der Waals surface area contributed by atoms with E-state index in [2.05, 4.69) is 21.3 Å². The first kappa shape index (κ1) is 27.4. The van der Waals surface area contributed by atoms with Crippen LogP contribution in [-0.2, 0) is 14.4 Å². The van der Waals surface area contributed by atoms with Gasteiger partial charge in [-0.1, -0.05) is 79.9 Å². The summed E-state index contributed by atoms with van der Waals surface area (Å²) in [7, 11) is 0. The second-order valence-electron chi connectivity index (χ2n) is 10.2. The maximum Gasteiger partial charge on any atom is 0.246 e. The zero-order valence-corrected chi connectivity index (χ0v) is 22.2. The molecular weight excluding hydrogens is 480 g/mol. The molecule has 1 saturated carbocycles. The fourth-order valence-corrected chi connectivity index (χ4v) is 5.18. The molecule has 38 heavy (non-hydrogen) atoms.